The number of benzene rings is 3. The molecule has 1 aliphatic rings. The van der Waals surface area contributed by atoms with Crippen LogP contribution in [0.4, 0.5) is 5.69 Å². The highest BCUT2D eigenvalue weighted by molar-refractivity contribution is 5.97. The quantitative estimate of drug-likeness (QED) is 0.741. The summed E-state index contributed by atoms with van der Waals surface area (Å²) in [5.74, 6) is 2.45. The van der Waals surface area contributed by atoms with E-state index in [1.807, 2.05) is 66.7 Å². The molecule has 112 valence electrons. The fourth-order valence-electron chi connectivity index (χ4n) is 2.86. The smallest absolute Gasteiger partial charge is 0.280 e. The number of nitrogens with two attached hydrogens (primary N) is 1. The minimum atomic E-state index is 0.803. The molecule has 0 atom stereocenters. The normalized spacial score (nSPS) is 13.0. The van der Waals surface area contributed by atoms with Gasteiger partial charge >= 0.3 is 0 Å². The molecule has 3 heteroatoms. The van der Waals surface area contributed by atoms with Gasteiger partial charge in [-0.15, -0.1) is 0 Å². The average molecular weight is 301 g/mol. The van der Waals surface area contributed by atoms with E-state index in [2.05, 4.69) is 16.7 Å². The second kappa shape index (κ2) is 5.61. The first kappa shape index (κ1) is 13.6. The van der Waals surface area contributed by atoms with Crippen LogP contribution in [0.2, 0.25) is 0 Å². The minimum absolute atomic E-state index is 0.803. The van der Waals surface area contributed by atoms with E-state index in [0.717, 1.165) is 35.1 Å². The molecule has 0 saturated heterocycles. The van der Waals surface area contributed by atoms with Crippen molar-refractivity contribution in [2.24, 2.45) is 5.73 Å². The number of amidine groups is 1. The van der Waals surface area contributed by atoms with Crippen LogP contribution >= 0.6 is 0 Å². The number of para-hydroxylation sites is 1. The summed E-state index contributed by atoms with van der Waals surface area (Å²) in [6.45, 7) is 0.806. The number of hydrogen-bond donors (Lipinski definition) is 1. The summed E-state index contributed by atoms with van der Waals surface area (Å²) in [5, 5.41) is 0. The monoisotopic (exact) mass is 301 g/mol. The second-order valence-electron chi connectivity index (χ2n) is 5.54. The third-order valence-corrected chi connectivity index (χ3v) is 4.04. The Kier molecular flexibility index (Phi) is 3.31. The minimum Gasteiger partial charge on any atom is -0.457 e. The SMILES string of the molecule is NC1=[N+](c2ccc(Oc3ccccc3)cc2)Cc2ccccc21. The molecule has 0 unspecified atom stereocenters. The van der Waals surface area contributed by atoms with Gasteiger partial charge in [0, 0.05) is 5.56 Å². The first-order valence-electron chi connectivity index (χ1n) is 7.62. The maximum atomic E-state index is 6.30. The molecule has 0 spiro atoms. The Morgan fingerprint density at radius 1 is 0.739 bits per heavy atom. The van der Waals surface area contributed by atoms with E-state index in [-0.39, 0.29) is 0 Å². The van der Waals surface area contributed by atoms with Crippen molar-refractivity contribution in [3.05, 3.63) is 90.0 Å². The zero-order valence-corrected chi connectivity index (χ0v) is 12.6. The van der Waals surface area contributed by atoms with E-state index < -0.39 is 0 Å². The van der Waals surface area contributed by atoms with Crippen LogP contribution in [0.1, 0.15) is 11.1 Å². The molecule has 3 aromatic rings. The third-order valence-electron chi connectivity index (χ3n) is 4.04. The lowest BCUT2D eigenvalue weighted by molar-refractivity contribution is -0.453. The zero-order valence-electron chi connectivity index (χ0n) is 12.6. The molecule has 23 heavy (non-hydrogen) atoms. The van der Waals surface area contributed by atoms with Gasteiger partial charge in [0.05, 0.1) is 5.56 Å². The van der Waals surface area contributed by atoms with Crippen LogP contribution in [-0.4, -0.2) is 10.4 Å². The zero-order chi connectivity index (χ0) is 15.6. The van der Waals surface area contributed by atoms with Gasteiger partial charge in [0.2, 0.25) is 0 Å². The molecule has 0 amide bonds. The Hall–Kier alpha value is -3.07. The third kappa shape index (κ3) is 2.57. The standard InChI is InChI=1S/C20H16N2O/c21-20-19-9-5-4-6-15(19)14-22(20)16-10-12-18(13-11-16)23-17-7-2-1-3-8-17/h1-13,21H,14H2/p+1. The molecular weight excluding hydrogens is 284 g/mol. The first-order chi connectivity index (χ1) is 11.3. The fourth-order valence-corrected chi connectivity index (χ4v) is 2.86. The highest BCUT2D eigenvalue weighted by atomic mass is 16.5. The summed E-state index contributed by atoms with van der Waals surface area (Å²) in [5.41, 5.74) is 9.75. The summed E-state index contributed by atoms with van der Waals surface area (Å²) in [6.07, 6.45) is 0. The summed E-state index contributed by atoms with van der Waals surface area (Å²) in [4.78, 5) is 0. The molecule has 3 aromatic carbocycles. The van der Waals surface area contributed by atoms with E-state index >= 15 is 0 Å². The molecule has 0 aromatic heterocycles. The molecule has 0 bridgehead atoms. The molecule has 1 heterocycles. The van der Waals surface area contributed by atoms with Gasteiger partial charge in [0.1, 0.15) is 23.7 Å². The number of fused-ring (bicyclic) bond motifs is 1. The van der Waals surface area contributed by atoms with Gasteiger partial charge in [-0.05, 0) is 42.5 Å². The lowest BCUT2D eigenvalue weighted by atomic mass is 10.1. The largest absolute Gasteiger partial charge is 0.457 e. The number of ether oxygens (including phenoxy) is 1. The summed E-state index contributed by atoms with van der Waals surface area (Å²) in [7, 11) is 0. The molecule has 0 saturated carbocycles. The van der Waals surface area contributed by atoms with Crippen LogP contribution in [0.5, 0.6) is 11.5 Å². The predicted molar refractivity (Wildman–Crippen MR) is 91.3 cm³/mol. The highest BCUT2D eigenvalue weighted by Crippen LogP contribution is 2.27. The Balaban J connectivity index is 1.59. The van der Waals surface area contributed by atoms with E-state index in [1.54, 1.807) is 0 Å². The van der Waals surface area contributed by atoms with Gasteiger partial charge in [-0.25, -0.2) is 4.58 Å². The molecule has 0 radical (unpaired) electrons. The van der Waals surface area contributed by atoms with Gasteiger partial charge in [-0.1, -0.05) is 36.4 Å². The number of nitrogens with zero attached hydrogens (tertiary/aromatic N) is 1. The van der Waals surface area contributed by atoms with Crippen molar-refractivity contribution in [3.63, 3.8) is 0 Å². The summed E-state index contributed by atoms with van der Waals surface area (Å²) >= 11 is 0. The van der Waals surface area contributed by atoms with E-state index in [9.17, 15) is 0 Å². The van der Waals surface area contributed by atoms with Crippen molar-refractivity contribution in [3.8, 4) is 11.5 Å². The second-order valence-corrected chi connectivity index (χ2v) is 5.54. The van der Waals surface area contributed by atoms with Crippen LogP contribution in [-0.2, 0) is 6.54 Å². The molecule has 0 aliphatic carbocycles. The Labute approximate surface area is 135 Å². The van der Waals surface area contributed by atoms with Crippen LogP contribution in [0.15, 0.2) is 78.9 Å². The highest BCUT2D eigenvalue weighted by Gasteiger charge is 2.25. The van der Waals surface area contributed by atoms with Gasteiger partial charge in [-0.2, -0.15) is 0 Å². The molecule has 2 N–H and O–H groups in total. The number of rotatable bonds is 3. The van der Waals surface area contributed by atoms with Crippen LogP contribution in [0.25, 0.3) is 0 Å². The van der Waals surface area contributed by atoms with Crippen LogP contribution in [0, 0.1) is 0 Å². The first-order valence-corrected chi connectivity index (χ1v) is 7.62. The maximum Gasteiger partial charge on any atom is 0.280 e. The van der Waals surface area contributed by atoms with Crippen LogP contribution < -0.4 is 10.5 Å². The average Bonchev–Trinajstić information content (AvgIpc) is 2.94. The van der Waals surface area contributed by atoms with E-state index in [0.29, 0.717) is 0 Å². The van der Waals surface area contributed by atoms with Crippen molar-refractivity contribution < 1.29 is 9.31 Å². The fraction of sp³-hybridized carbons (Fsp3) is 0.0500. The van der Waals surface area contributed by atoms with E-state index in [1.165, 1.54) is 5.56 Å². The van der Waals surface area contributed by atoms with Crippen LogP contribution in [0.3, 0.4) is 0 Å². The van der Waals surface area contributed by atoms with Crippen molar-refractivity contribution in [1.29, 1.82) is 0 Å². The van der Waals surface area contributed by atoms with Crippen molar-refractivity contribution in [2.75, 3.05) is 0 Å². The van der Waals surface area contributed by atoms with Crippen molar-refractivity contribution in [1.82, 2.24) is 0 Å². The molecule has 1 aliphatic heterocycles. The Morgan fingerprint density at radius 3 is 2.13 bits per heavy atom. The Bertz CT molecular complexity index is 868. The summed E-state index contributed by atoms with van der Waals surface area (Å²) < 4.78 is 7.95. The molecule has 4 rings (SSSR count). The molecule has 3 nitrogen and oxygen atoms in total. The van der Waals surface area contributed by atoms with Gasteiger partial charge in [0.15, 0.2) is 0 Å². The van der Waals surface area contributed by atoms with Gasteiger partial charge < -0.3 is 4.74 Å². The summed E-state index contributed by atoms with van der Waals surface area (Å²) in [6, 6.07) is 26.0. The Morgan fingerprint density at radius 2 is 1.39 bits per heavy atom. The van der Waals surface area contributed by atoms with Crippen molar-refractivity contribution >= 4 is 11.5 Å². The van der Waals surface area contributed by atoms with Crippen molar-refractivity contribution in [2.45, 2.75) is 6.54 Å². The van der Waals surface area contributed by atoms with Gasteiger partial charge in [0.25, 0.3) is 5.84 Å². The number of hydrogen-bond acceptors (Lipinski definition) is 2. The predicted octanol–water partition coefficient (Wildman–Crippen LogP) is 4.04. The molecular formula is C20H17N2O+. The molecule has 0 fully saturated rings. The van der Waals surface area contributed by atoms with Gasteiger partial charge in [-0.3, -0.25) is 5.73 Å². The van der Waals surface area contributed by atoms with E-state index in [4.69, 9.17) is 10.5 Å². The maximum absolute atomic E-state index is 6.30. The lowest BCUT2D eigenvalue weighted by Gasteiger charge is -2.07. The lowest BCUT2D eigenvalue weighted by Crippen LogP contribution is -2.19. The topological polar surface area (TPSA) is 38.3 Å².